The molecule has 0 radical (unpaired) electrons. The fourth-order valence-electron chi connectivity index (χ4n) is 2.96. The first-order valence-corrected chi connectivity index (χ1v) is 10.1. The molecular weight excluding hydrogens is 364 g/mol. The van der Waals surface area contributed by atoms with Crippen LogP contribution in [-0.2, 0) is 15.0 Å². The molecule has 1 aromatic carbocycles. The Hall–Kier alpha value is -2.02. The van der Waals surface area contributed by atoms with Gasteiger partial charge in [0.15, 0.2) is 0 Å². The molecule has 0 aromatic heterocycles. The third-order valence-corrected chi connectivity index (χ3v) is 5.78. The lowest BCUT2D eigenvalue weighted by Gasteiger charge is -2.28. The first-order chi connectivity index (χ1) is 12.5. The highest BCUT2D eigenvalue weighted by Gasteiger charge is 2.37. The van der Waals surface area contributed by atoms with E-state index in [4.69, 9.17) is 5.11 Å². The predicted octanol–water partition coefficient (Wildman–Crippen LogP) is 2.68. The lowest BCUT2D eigenvalue weighted by Crippen LogP contribution is -2.49. The van der Waals surface area contributed by atoms with Gasteiger partial charge in [-0.3, -0.25) is 14.4 Å². The number of hydrogen-bond acceptors (Lipinski definition) is 4. The minimum atomic E-state index is -0.942. The molecule has 1 saturated heterocycles. The number of carboxylic acid groups (broad SMARTS) is 1. The summed E-state index contributed by atoms with van der Waals surface area (Å²) in [5, 5.41) is 9.04. The number of aliphatic carboxylic acids is 1. The second-order valence-corrected chi connectivity index (χ2v) is 9.08. The summed E-state index contributed by atoms with van der Waals surface area (Å²) in [6, 6.07) is 6.96. The molecule has 2 amide bonds. The van der Waals surface area contributed by atoms with Crippen molar-refractivity contribution in [3.63, 3.8) is 0 Å². The van der Waals surface area contributed by atoms with E-state index in [2.05, 4.69) is 20.8 Å². The number of likely N-dealkylation sites (N-methyl/N-ethyl adjacent to an activating group) is 1. The molecule has 1 N–H and O–H groups in total. The SMILES string of the molecule is CC(CN(C)C(=O)C1CSCN1C(=O)c1ccc(C(C)(C)C)cc1)C(=O)O. The number of carboxylic acids is 1. The number of carbonyl (C=O) groups is 3. The van der Waals surface area contributed by atoms with Crippen LogP contribution in [0.2, 0.25) is 0 Å². The van der Waals surface area contributed by atoms with Crippen LogP contribution in [0.25, 0.3) is 0 Å². The Morgan fingerprint density at radius 2 is 1.85 bits per heavy atom. The van der Waals surface area contributed by atoms with E-state index in [0.717, 1.165) is 5.56 Å². The van der Waals surface area contributed by atoms with Gasteiger partial charge in [0.2, 0.25) is 5.91 Å². The molecule has 2 atom stereocenters. The van der Waals surface area contributed by atoms with Gasteiger partial charge in [0, 0.05) is 24.9 Å². The molecule has 2 rings (SSSR count). The van der Waals surface area contributed by atoms with Crippen molar-refractivity contribution >= 4 is 29.5 Å². The summed E-state index contributed by atoms with van der Waals surface area (Å²) < 4.78 is 0. The molecule has 0 bridgehead atoms. The molecule has 2 unspecified atom stereocenters. The molecule has 1 aromatic rings. The van der Waals surface area contributed by atoms with Gasteiger partial charge in [-0.15, -0.1) is 11.8 Å². The van der Waals surface area contributed by atoms with Gasteiger partial charge < -0.3 is 14.9 Å². The van der Waals surface area contributed by atoms with Crippen LogP contribution in [0.15, 0.2) is 24.3 Å². The third kappa shape index (κ3) is 5.03. The lowest BCUT2D eigenvalue weighted by atomic mass is 9.86. The number of carbonyl (C=O) groups excluding carboxylic acids is 2. The van der Waals surface area contributed by atoms with Crippen LogP contribution in [0, 0.1) is 5.92 Å². The van der Waals surface area contributed by atoms with Crippen molar-refractivity contribution < 1.29 is 19.5 Å². The van der Waals surface area contributed by atoms with E-state index < -0.39 is 17.9 Å². The summed E-state index contributed by atoms with van der Waals surface area (Å²) in [4.78, 5) is 39.7. The van der Waals surface area contributed by atoms with Crippen LogP contribution in [-0.4, -0.2) is 64.0 Å². The van der Waals surface area contributed by atoms with Crippen molar-refractivity contribution in [2.75, 3.05) is 25.2 Å². The minimum absolute atomic E-state index is 0.00706. The van der Waals surface area contributed by atoms with Crippen LogP contribution < -0.4 is 0 Å². The maximum atomic E-state index is 12.9. The third-order valence-electron chi connectivity index (χ3n) is 4.77. The number of thioether (sulfide) groups is 1. The van der Waals surface area contributed by atoms with Crippen molar-refractivity contribution in [1.29, 1.82) is 0 Å². The molecule has 1 aliphatic heterocycles. The largest absolute Gasteiger partial charge is 0.481 e. The topological polar surface area (TPSA) is 77.9 Å². The molecule has 1 fully saturated rings. The van der Waals surface area contributed by atoms with Crippen molar-refractivity contribution in [2.24, 2.45) is 5.92 Å². The Morgan fingerprint density at radius 3 is 2.37 bits per heavy atom. The first-order valence-electron chi connectivity index (χ1n) is 8.99. The van der Waals surface area contributed by atoms with E-state index >= 15 is 0 Å². The molecule has 7 heteroatoms. The van der Waals surface area contributed by atoms with Crippen molar-refractivity contribution in [2.45, 2.75) is 39.2 Å². The van der Waals surface area contributed by atoms with Gasteiger partial charge in [0.25, 0.3) is 5.91 Å². The minimum Gasteiger partial charge on any atom is -0.481 e. The van der Waals surface area contributed by atoms with Gasteiger partial charge in [0.1, 0.15) is 6.04 Å². The summed E-state index contributed by atoms with van der Waals surface area (Å²) in [5.74, 6) is -0.995. The fourth-order valence-corrected chi connectivity index (χ4v) is 4.10. The van der Waals surface area contributed by atoms with Gasteiger partial charge in [-0.2, -0.15) is 0 Å². The van der Waals surface area contributed by atoms with E-state index in [1.807, 2.05) is 24.3 Å². The van der Waals surface area contributed by atoms with Gasteiger partial charge in [0.05, 0.1) is 11.8 Å². The van der Waals surface area contributed by atoms with E-state index in [0.29, 0.717) is 17.2 Å². The smallest absolute Gasteiger partial charge is 0.308 e. The van der Waals surface area contributed by atoms with E-state index in [1.165, 1.54) is 16.7 Å². The monoisotopic (exact) mass is 392 g/mol. The molecule has 148 valence electrons. The number of nitrogens with zero attached hydrogens (tertiary/aromatic N) is 2. The van der Waals surface area contributed by atoms with E-state index in [-0.39, 0.29) is 23.8 Å². The molecular formula is C20H28N2O4S. The van der Waals surface area contributed by atoms with Gasteiger partial charge >= 0.3 is 5.97 Å². The molecule has 6 nitrogen and oxygen atoms in total. The van der Waals surface area contributed by atoms with Gasteiger partial charge in [-0.05, 0) is 23.1 Å². The zero-order valence-electron chi connectivity index (χ0n) is 16.6. The van der Waals surface area contributed by atoms with Crippen LogP contribution >= 0.6 is 11.8 Å². The average Bonchev–Trinajstić information content (AvgIpc) is 3.09. The van der Waals surface area contributed by atoms with Crippen molar-refractivity contribution in [3.05, 3.63) is 35.4 Å². The van der Waals surface area contributed by atoms with Crippen LogP contribution in [0.3, 0.4) is 0 Å². The van der Waals surface area contributed by atoms with Gasteiger partial charge in [-0.1, -0.05) is 39.8 Å². The first kappa shape index (κ1) is 21.3. The number of amides is 2. The van der Waals surface area contributed by atoms with Crippen molar-refractivity contribution in [1.82, 2.24) is 9.80 Å². The highest BCUT2D eigenvalue weighted by atomic mass is 32.2. The Labute approximate surface area is 164 Å². The summed E-state index contributed by atoms with van der Waals surface area (Å²) in [6.07, 6.45) is 0. The number of rotatable bonds is 5. The molecule has 0 spiro atoms. The second kappa shape index (κ2) is 8.33. The summed E-state index contributed by atoms with van der Waals surface area (Å²) in [5.41, 5.74) is 1.71. The van der Waals surface area contributed by atoms with E-state index in [9.17, 15) is 14.4 Å². The lowest BCUT2D eigenvalue weighted by molar-refractivity contribution is -0.143. The van der Waals surface area contributed by atoms with E-state index in [1.54, 1.807) is 18.9 Å². The van der Waals surface area contributed by atoms with Crippen LogP contribution in [0.1, 0.15) is 43.6 Å². The Bertz CT molecular complexity index is 712. The highest BCUT2D eigenvalue weighted by Crippen LogP contribution is 2.26. The summed E-state index contributed by atoms with van der Waals surface area (Å²) in [6.45, 7) is 8.03. The van der Waals surface area contributed by atoms with Crippen molar-refractivity contribution in [3.8, 4) is 0 Å². The second-order valence-electron chi connectivity index (χ2n) is 8.08. The highest BCUT2D eigenvalue weighted by molar-refractivity contribution is 7.99. The quantitative estimate of drug-likeness (QED) is 0.834. The molecule has 0 aliphatic carbocycles. The summed E-state index contributed by atoms with van der Waals surface area (Å²) in [7, 11) is 1.59. The average molecular weight is 393 g/mol. The molecule has 27 heavy (non-hydrogen) atoms. The molecule has 0 saturated carbocycles. The van der Waals surface area contributed by atoms with Crippen LogP contribution in [0.5, 0.6) is 0 Å². The predicted molar refractivity (Wildman–Crippen MR) is 107 cm³/mol. The molecule has 1 aliphatic rings. The summed E-state index contributed by atoms with van der Waals surface area (Å²) >= 11 is 1.53. The van der Waals surface area contributed by atoms with Gasteiger partial charge in [-0.25, -0.2) is 0 Å². The number of benzene rings is 1. The maximum absolute atomic E-state index is 12.9. The standard InChI is InChI=1S/C20H28N2O4S/c1-13(19(25)26)10-21(5)18(24)16-11-27-12-22(16)17(23)14-6-8-15(9-7-14)20(2,3)4/h6-9,13,16H,10-12H2,1-5H3,(H,25,26). The number of hydrogen-bond donors (Lipinski definition) is 1. The maximum Gasteiger partial charge on any atom is 0.308 e. The Balaban J connectivity index is 2.11. The Morgan fingerprint density at radius 1 is 1.26 bits per heavy atom. The van der Waals surface area contributed by atoms with Crippen LogP contribution in [0.4, 0.5) is 0 Å². The Kier molecular flexibility index (Phi) is 6.57. The fraction of sp³-hybridized carbons (Fsp3) is 0.550. The molecule has 1 heterocycles. The zero-order chi connectivity index (χ0) is 20.4. The zero-order valence-corrected chi connectivity index (χ0v) is 17.4. The normalized spacial score (nSPS) is 18.3.